The highest BCUT2D eigenvalue weighted by Crippen LogP contribution is 2.26. The molecule has 2 unspecified atom stereocenters. The van der Waals surface area contributed by atoms with Crippen molar-refractivity contribution in [2.75, 3.05) is 23.2 Å². The number of hydrogen-bond donors (Lipinski definition) is 3. The van der Waals surface area contributed by atoms with Crippen LogP contribution in [0.15, 0.2) is 60.7 Å². The van der Waals surface area contributed by atoms with E-state index in [1.807, 2.05) is 72.6 Å². The lowest BCUT2D eigenvalue weighted by Gasteiger charge is -2.22. The molecule has 2 heterocycles. The van der Waals surface area contributed by atoms with Crippen LogP contribution in [0.2, 0.25) is 0 Å². The molecule has 2 atom stereocenters. The topological polar surface area (TPSA) is 84.9 Å². The standard InChI is InChI=1S/C11H14N2O2.C10H12N2O/c1-11(8-14)7-13(12-10(11)15)9-5-3-2-4-6-9;1-8-7-10(13)11-12(8)9-5-3-2-4-6-9/h2-6,14H,7-8H2,1H3,(H,12,15);2-6,8H,7H2,1H3,(H,11,13). The molecule has 2 saturated heterocycles. The van der Waals surface area contributed by atoms with Gasteiger partial charge in [-0.15, -0.1) is 0 Å². The maximum absolute atomic E-state index is 11.6. The van der Waals surface area contributed by atoms with E-state index >= 15 is 0 Å². The van der Waals surface area contributed by atoms with Gasteiger partial charge in [-0.05, 0) is 38.1 Å². The van der Waals surface area contributed by atoms with Gasteiger partial charge in [0.2, 0.25) is 11.8 Å². The van der Waals surface area contributed by atoms with E-state index in [4.69, 9.17) is 0 Å². The largest absolute Gasteiger partial charge is 0.395 e. The molecule has 2 aromatic carbocycles. The Balaban J connectivity index is 0.000000162. The molecule has 7 heteroatoms. The molecule has 28 heavy (non-hydrogen) atoms. The third-order valence-corrected chi connectivity index (χ3v) is 4.91. The average Bonchev–Trinajstić information content (AvgIpc) is 3.22. The van der Waals surface area contributed by atoms with Crippen LogP contribution in [0.1, 0.15) is 20.3 Å². The van der Waals surface area contributed by atoms with Crippen molar-refractivity contribution >= 4 is 23.2 Å². The van der Waals surface area contributed by atoms with E-state index in [9.17, 15) is 14.7 Å². The number of nitrogens with one attached hydrogen (secondary N) is 2. The summed E-state index contributed by atoms with van der Waals surface area (Å²) in [6, 6.07) is 19.7. The number of aliphatic hydroxyl groups excluding tert-OH is 1. The van der Waals surface area contributed by atoms with Crippen LogP contribution in [-0.4, -0.2) is 36.1 Å². The minimum atomic E-state index is -0.699. The molecule has 0 aromatic heterocycles. The monoisotopic (exact) mass is 382 g/mol. The van der Waals surface area contributed by atoms with Crippen molar-refractivity contribution in [2.45, 2.75) is 26.3 Å². The highest BCUT2D eigenvalue weighted by atomic mass is 16.3. The van der Waals surface area contributed by atoms with E-state index in [2.05, 4.69) is 10.9 Å². The summed E-state index contributed by atoms with van der Waals surface area (Å²) in [5, 5.41) is 12.8. The molecule has 0 spiro atoms. The van der Waals surface area contributed by atoms with E-state index in [-0.39, 0.29) is 24.5 Å². The third kappa shape index (κ3) is 4.26. The molecule has 2 aliphatic heterocycles. The summed E-state index contributed by atoms with van der Waals surface area (Å²) in [5.41, 5.74) is 6.84. The molecule has 2 amide bonds. The highest BCUT2D eigenvalue weighted by Gasteiger charge is 2.41. The molecule has 2 aromatic rings. The summed E-state index contributed by atoms with van der Waals surface area (Å²) in [7, 11) is 0. The molecule has 7 nitrogen and oxygen atoms in total. The molecule has 148 valence electrons. The van der Waals surface area contributed by atoms with E-state index < -0.39 is 5.41 Å². The fourth-order valence-electron chi connectivity index (χ4n) is 3.16. The lowest BCUT2D eigenvalue weighted by molar-refractivity contribution is -0.128. The van der Waals surface area contributed by atoms with Gasteiger partial charge >= 0.3 is 0 Å². The first-order valence-electron chi connectivity index (χ1n) is 9.31. The molecule has 2 aliphatic rings. The SMILES string of the molecule is CC1(CO)CN(c2ccccc2)NC1=O.CC1CC(=O)NN1c1ccccc1. The number of carbonyl (C=O) groups excluding carboxylic acids is 2. The minimum Gasteiger partial charge on any atom is -0.395 e. The number of hydrazine groups is 2. The van der Waals surface area contributed by atoms with Crippen LogP contribution < -0.4 is 20.9 Å². The second kappa shape index (κ2) is 8.31. The summed E-state index contributed by atoms with van der Waals surface area (Å²) in [6.07, 6.45) is 0.578. The molecule has 4 rings (SSSR count). The van der Waals surface area contributed by atoms with Crippen LogP contribution in [0.3, 0.4) is 0 Å². The molecule has 0 aliphatic carbocycles. The third-order valence-electron chi connectivity index (χ3n) is 4.91. The van der Waals surface area contributed by atoms with E-state index in [0.717, 1.165) is 11.4 Å². The molecule has 0 bridgehead atoms. The van der Waals surface area contributed by atoms with Crippen molar-refractivity contribution in [1.29, 1.82) is 0 Å². The van der Waals surface area contributed by atoms with Gasteiger partial charge in [0.15, 0.2) is 0 Å². The Hall–Kier alpha value is -3.06. The van der Waals surface area contributed by atoms with Gasteiger partial charge in [0.05, 0.1) is 42.4 Å². The van der Waals surface area contributed by atoms with E-state index in [0.29, 0.717) is 13.0 Å². The molecule has 0 radical (unpaired) electrons. The van der Waals surface area contributed by atoms with Gasteiger partial charge in [0.25, 0.3) is 0 Å². The molecule has 0 saturated carbocycles. The Morgan fingerprint density at radius 2 is 1.57 bits per heavy atom. The van der Waals surface area contributed by atoms with Crippen molar-refractivity contribution in [1.82, 2.24) is 10.9 Å². The minimum absolute atomic E-state index is 0.0938. The van der Waals surface area contributed by atoms with Gasteiger partial charge in [-0.1, -0.05) is 36.4 Å². The zero-order chi connectivity index (χ0) is 20.1. The Bertz CT molecular complexity index is 815. The van der Waals surface area contributed by atoms with Crippen molar-refractivity contribution in [3.63, 3.8) is 0 Å². The zero-order valence-electron chi connectivity index (χ0n) is 16.1. The normalized spacial score (nSPS) is 23.8. The smallest absolute Gasteiger partial charge is 0.248 e. The summed E-state index contributed by atoms with van der Waals surface area (Å²) in [5.74, 6) is -0.0368. The lowest BCUT2D eigenvalue weighted by atomic mass is 9.92. The number of anilines is 2. The molecule has 2 fully saturated rings. The van der Waals surface area contributed by atoms with Crippen LogP contribution in [0.25, 0.3) is 0 Å². The maximum Gasteiger partial charge on any atom is 0.248 e. The number of hydrogen-bond acceptors (Lipinski definition) is 5. The van der Waals surface area contributed by atoms with E-state index in [1.54, 1.807) is 11.9 Å². The first-order chi connectivity index (χ1) is 13.4. The van der Waals surface area contributed by atoms with Gasteiger partial charge < -0.3 is 5.11 Å². The summed E-state index contributed by atoms with van der Waals surface area (Å²) < 4.78 is 0. The lowest BCUT2D eigenvalue weighted by Crippen LogP contribution is -2.36. The van der Waals surface area contributed by atoms with Gasteiger partial charge in [0.1, 0.15) is 0 Å². The Labute approximate surface area is 164 Å². The zero-order valence-corrected chi connectivity index (χ0v) is 16.1. The molecule has 3 N–H and O–H groups in total. The van der Waals surface area contributed by atoms with Crippen LogP contribution in [0.4, 0.5) is 11.4 Å². The van der Waals surface area contributed by atoms with Crippen LogP contribution >= 0.6 is 0 Å². The van der Waals surface area contributed by atoms with Gasteiger partial charge in [0, 0.05) is 0 Å². The van der Waals surface area contributed by atoms with E-state index in [1.165, 1.54) is 0 Å². The predicted molar refractivity (Wildman–Crippen MR) is 108 cm³/mol. The number of rotatable bonds is 3. The number of benzene rings is 2. The first kappa shape index (κ1) is 19.7. The van der Waals surface area contributed by atoms with Gasteiger partial charge in [-0.3, -0.25) is 30.5 Å². The van der Waals surface area contributed by atoms with Gasteiger partial charge in [-0.2, -0.15) is 0 Å². The Kier molecular flexibility index (Phi) is 5.84. The summed E-state index contributed by atoms with van der Waals surface area (Å²) in [6.45, 7) is 4.14. The predicted octanol–water partition coefficient (Wildman–Crippen LogP) is 1.85. The quantitative estimate of drug-likeness (QED) is 0.755. The number of carbonyl (C=O) groups is 2. The number of nitrogens with zero attached hydrogens (tertiary/aromatic N) is 2. The highest BCUT2D eigenvalue weighted by molar-refractivity contribution is 5.87. The second-order valence-electron chi connectivity index (χ2n) is 7.38. The first-order valence-corrected chi connectivity index (χ1v) is 9.31. The van der Waals surface area contributed by atoms with Crippen molar-refractivity contribution in [3.8, 4) is 0 Å². The fourth-order valence-corrected chi connectivity index (χ4v) is 3.16. The van der Waals surface area contributed by atoms with Crippen molar-refractivity contribution < 1.29 is 14.7 Å². The van der Waals surface area contributed by atoms with Gasteiger partial charge in [-0.25, -0.2) is 0 Å². The number of amides is 2. The Morgan fingerprint density at radius 1 is 1.00 bits per heavy atom. The van der Waals surface area contributed by atoms with Crippen LogP contribution in [0.5, 0.6) is 0 Å². The number of aliphatic hydroxyl groups is 1. The van der Waals surface area contributed by atoms with Crippen LogP contribution in [0, 0.1) is 5.41 Å². The fraction of sp³-hybridized carbons (Fsp3) is 0.333. The van der Waals surface area contributed by atoms with Crippen molar-refractivity contribution in [2.24, 2.45) is 5.41 Å². The van der Waals surface area contributed by atoms with Crippen LogP contribution in [-0.2, 0) is 9.59 Å². The number of para-hydroxylation sites is 2. The van der Waals surface area contributed by atoms with Crippen molar-refractivity contribution in [3.05, 3.63) is 60.7 Å². The molecular formula is C21H26N4O3. The second-order valence-corrected chi connectivity index (χ2v) is 7.38. The average molecular weight is 382 g/mol. The summed E-state index contributed by atoms with van der Waals surface area (Å²) >= 11 is 0. The summed E-state index contributed by atoms with van der Waals surface area (Å²) in [4.78, 5) is 22.7. The maximum atomic E-state index is 11.6. The molecular weight excluding hydrogens is 356 g/mol. The Morgan fingerprint density at radius 3 is 2.04 bits per heavy atom.